The van der Waals surface area contributed by atoms with Crippen molar-refractivity contribution in [2.24, 2.45) is 4.99 Å². The number of thiophene rings is 1. The van der Waals surface area contributed by atoms with Crippen molar-refractivity contribution in [3.05, 3.63) is 58.3 Å². The normalized spacial score (nSPS) is 11.0. The molecule has 2 rings (SSSR count). The summed E-state index contributed by atoms with van der Waals surface area (Å²) in [6.45, 7) is 6.07. The van der Waals surface area contributed by atoms with Gasteiger partial charge in [-0.2, -0.15) is 0 Å². The van der Waals surface area contributed by atoms with Crippen LogP contribution in [0.5, 0.6) is 0 Å². The van der Waals surface area contributed by atoms with Crippen molar-refractivity contribution in [2.45, 2.75) is 26.3 Å². The van der Waals surface area contributed by atoms with Crippen LogP contribution in [0.4, 0.5) is 0 Å². The molecule has 0 aliphatic carbocycles. The van der Waals surface area contributed by atoms with Gasteiger partial charge in [-0.1, -0.05) is 36.4 Å². The van der Waals surface area contributed by atoms with Crippen molar-refractivity contribution in [1.29, 1.82) is 0 Å². The number of hydrogen-bond acceptors (Lipinski definition) is 3. The first-order valence-electron chi connectivity index (χ1n) is 8.54. The van der Waals surface area contributed by atoms with Crippen molar-refractivity contribution in [1.82, 2.24) is 10.6 Å². The van der Waals surface area contributed by atoms with Gasteiger partial charge in [0.2, 0.25) is 0 Å². The van der Waals surface area contributed by atoms with E-state index < -0.39 is 0 Å². The lowest BCUT2D eigenvalue weighted by molar-refractivity contribution is 0.135. The van der Waals surface area contributed by atoms with Crippen molar-refractivity contribution in [2.75, 3.05) is 26.3 Å². The van der Waals surface area contributed by atoms with E-state index in [0.29, 0.717) is 0 Å². The predicted octanol–water partition coefficient (Wildman–Crippen LogP) is 4.07. The number of aliphatic imine (C=N–C) groups is 1. The number of guanidine groups is 1. The Hall–Kier alpha value is -1.12. The maximum atomic E-state index is 5.70. The molecule has 0 radical (unpaired) electrons. The van der Waals surface area contributed by atoms with E-state index in [2.05, 4.69) is 64.3 Å². The fourth-order valence-corrected chi connectivity index (χ4v) is 2.85. The van der Waals surface area contributed by atoms with Gasteiger partial charge in [0.1, 0.15) is 0 Å². The molecule has 4 nitrogen and oxygen atoms in total. The van der Waals surface area contributed by atoms with Crippen molar-refractivity contribution in [3.8, 4) is 0 Å². The van der Waals surface area contributed by atoms with Crippen LogP contribution in [0.2, 0.25) is 0 Å². The van der Waals surface area contributed by atoms with Crippen molar-refractivity contribution in [3.63, 3.8) is 0 Å². The minimum atomic E-state index is 0. The van der Waals surface area contributed by atoms with Gasteiger partial charge in [-0.3, -0.25) is 0 Å². The summed E-state index contributed by atoms with van der Waals surface area (Å²) in [5.41, 5.74) is 1.32. The molecule has 0 spiro atoms. The Balaban J connectivity index is 0.00000312. The number of halogens is 1. The third-order valence-corrected chi connectivity index (χ3v) is 4.31. The zero-order chi connectivity index (χ0) is 16.9. The number of ether oxygens (including phenoxy) is 1. The van der Waals surface area contributed by atoms with Gasteiger partial charge in [0.15, 0.2) is 5.96 Å². The van der Waals surface area contributed by atoms with Crippen LogP contribution in [0.25, 0.3) is 0 Å². The second-order valence-electron chi connectivity index (χ2n) is 5.40. The van der Waals surface area contributed by atoms with Crippen molar-refractivity contribution >= 4 is 41.3 Å². The molecular weight excluding hydrogens is 445 g/mol. The minimum Gasteiger partial charge on any atom is -0.381 e. The summed E-state index contributed by atoms with van der Waals surface area (Å²) in [5.74, 6) is 0.871. The van der Waals surface area contributed by atoms with Crippen LogP contribution < -0.4 is 10.6 Å². The number of benzene rings is 1. The lowest BCUT2D eigenvalue weighted by Gasteiger charge is -2.11. The van der Waals surface area contributed by atoms with E-state index in [4.69, 9.17) is 4.74 Å². The highest BCUT2D eigenvalue weighted by atomic mass is 127. The quantitative estimate of drug-likeness (QED) is 0.237. The molecule has 2 N–H and O–H groups in total. The highest BCUT2D eigenvalue weighted by molar-refractivity contribution is 14.0. The van der Waals surface area contributed by atoms with Gasteiger partial charge < -0.3 is 15.4 Å². The lowest BCUT2D eigenvalue weighted by atomic mass is 10.2. The van der Waals surface area contributed by atoms with Crippen LogP contribution in [0.15, 0.2) is 52.8 Å². The number of nitrogens with zero attached hydrogens (tertiary/aromatic N) is 1. The Labute approximate surface area is 172 Å². The van der Waals surface area contributed by atoms with Gasteiger partial charge in [0, 0.05) is 24.6 Å². The van der Waals surface area contributed by atoms with Crippen LogP contribution in [-0.4, -0.2) is 32.3 Å². The highest BCUT2D eigenvalue weighted by Gasteiger charge is 1.98. The second kappa shape index (κ2) is 14.1. The monoisotopic (exact) mass is 473 g/mol. The van der Waals surface area contributed by atoms with E-state index in [0.717, 1.165) is 51.6 Å². The number of nitrogens with one attached hydrogen (secondary N) is 2. The molecule has 1 heterocycles. The molecule has 0 fully saturated rings. The van der Waals surface area contributed by atoms with Gasteiger partial charge in [-0.05, 0) is 36.8 Å². The summed E-state index contributed by atoms with van der Waals surface area (Å²) < 4.78 is 5.70. The maximum absolute atomic E-state index is 5.70. The Morgan fingerprint density at radius 3 is 2.64 bits per heavy atom. The van der Waals surface area contributed by atoms with E-state index in [1.807, 2.05) is 6.07 Å². The highest BCUT2D eigenvalue weighted by Crippen LogP contribution is 2.09. The molecule has 0 saturated heterocycles. The average Bonchev–Trinajstić information content (AvgIpc) is 3.13. The van der Waals surface area contributed by atoms with Gasteiger partial charge in [0.25, 0.3) is 0 Å². The van der Waals surface area contributed by atoms with E-state index in [1.54, 1.807) is 11.3 Å². The van der Waals surface area contributed by atoms with Crippen LogP contribution in [-0.2, 0) is 17.7 Å². The molecular formula is C19H28IN3OS. The third kappa shape index (κ3) is 9.81. The van der Waals surface area contributed by atoms with Gasteiger partial charge >= 0.3 is 0 Å². The zero-order valence-corrected chi connectivity index (χ0v) is 17.9. The summed E-state index contributed by atoms with van der Waals surface area (Å²) in [6, 6.07) is 14.6. The van der Waals surface area contributed by atoms with Gasteiger partial charge in [-0.25, -0.2) is 4.99 Å². The smallest absolute Gasteiger partial charge is 0.191 e. The van der Waals surface area contributed by atoms with E-state index in [-0.39, 0.29) is 24.0 Å². The molecule has 138 valence electrons. The number of hydrogen-bond donors (Lipinski definition) is 2. The summed E-state index contributed by atoms with van der Waals surface area (Å²) in [6.07, 6.45) is 1.94. The molecule has 0 saturated carbocycles. The second-order valence-corrected chi connectivity index (χ2v) is 6.44. The van der Waals surface area contributed by atoms with Crippen LogP contribution in [0.1, 0.15) is 23.8 Å². The molecule has 25 heavy (non-hydrogen) atoms. The summed E-state index contributed by atoms with van der Waals surface area (Å²) >= 11 is 1.74. The summed E-state index contributed by atoms with van der Waals surface area (Å²) in [4.78, 5) is 5.87. The molecule has 6 heteroatoms. The molecule has 0 bridgehead atoms. The van der Waals surface area contributed by atoms with Gasteiger partial charge in [0.05, 0.1) is 13.2 Å². The van der Waals surface area contributed by atoms with E-state index >= 15 is 0 Å². The maximum Gasteiger partial charge on any atom is 0.191 e. The van der Waals surface area contributed by atoms with Crippen molar-refractivity contribution < 1.29 is 4.74 Å². The predicted molar refractivity (Wildman–Crippen MR) is 118 cm³/mol. The fourth-order valence-electron chi connectivity index (χ4n) is 2.22. The summed E-state index contributed by atoms with van der Waals surface area (Å²) in [7, 11) is 0. The average molecular weight is 473 g/mol. The third-order valence-electron chi connectivity index (χ3n) is 3.45. The molecule has 0 amide bonds. The molecule has 0 unspecified atom stereocenters. The Morgan fingerprint density at radius 1 is 1.08 bits per heavy atom. The summed E-state index contributed by atoms with van der Waals surface area (Å²) in [5, 5.41) is 8.71. The molecule has 0 aliphatic heterocycles. The zero-order valence-electron chi connectivity index (χ0n) is 14.7. The van der Waals surface area contributed by atoms with Crippen LogP contribution >= 0.6 is 35.3 Å². The first-order chi connectivity index (χ1) is 11.9. The molecule has 1 aromatic carbocycles. The molecule has 1 aromatic heterocycles. The first kappa shape index (κ1) is 21.9. The lowest BCUT2D eigenvalue weighted by Crippen LogP contribution is -2.38. The Bertz CT molecular complexity index is 576. The Kier molecular flexibility index (Phi) is 12.4. The molecule has 0 aliphatic rings. The van der Waals surface area contributed by atoms with Gasteiger partial charge in [-0.15, -0.1) is 35.3 Å². The Morgan fingerprint density at radius 2 is 1.92 bits per heavy atom. The first-order valence-corrected chi connectivity index (χ1v) is 9.42. The fraction of sp³-hybridized carbons (Fsp3) is 0.421. The van der Waals surface area contributed by atoms with Crippen LogP contribution in [0.3, 0.4) is 0 Å². The topological polar surface area (TPSA) is 45.7 Å². The van der Waals surface area contributed by atoms with E-state index in [1.165, 1.54) is 10.4 Å². The number of rotatable bonds is 10. The largest absolute Gasteiger partial charge is 0.381 e. The standard InChI is InChI=1S/C19H27N3OS.HI/c1-2-20-19(22-16-18-10-6-15-24-18)21-12-7-13-23-14-11-17-8-4-3-5-9-17;/h3-6,8-10,15H,2,7,11-14,16H2,1H3,(H2,20,21,22);1H. The molecule has 0 atom stereocenters. The molecule has 2 aromatic rings. The van der Waals surface area contributed by atoms with E-state index in [9.17, 15) is 0 Å². The minimum absolute atomic E-state index is 0. The SMILES string of the molecule is CCNC(=NCc1cccs1)NCCCOCCc1ccccc1.I. The van der Waals surface area contributed by atoms with Crippen LogP contribution in [0, 0.1) is 0 Å².